The normalized spacial score (nSPS) is 10.3. The van der Waals surface area contributed by atoms with Gasteiger partial charge in [0.15, 0.2) is 5.82 Å². The van der Waals surface area contributed by atoms with Gasteiger partial charge in [-0.2, -0.15) is 5.10 Å². The fourth-order valence-corrected chi connectivity index (χ4v) is 1.21. The lowest BCUT2D eigenvalue weighted by molar-refractivity contribution is 0.838. The summed E-state index contributed by atoms with van der Waals surface area (Å²) >= 11 is 3.38. The van der Waals surface area contributed by atoms with Crippen LogP contribution in [0.15, 0.2) is 29.3 Å². The van der Waals surface area contributed by atoms with E-state index in [9.17, 15) is 0 Å². The highest BCUT2D eigenvalue weighted by Crippen LogP contribution is 2.14. The summed E-state index contributed by atoms with van der Waals surface area (Å²) in [7, 11) is 0. The lowest BCUT2D eigenvalue weighted by Crippen LogP contribution is -1.98. The molecule has 0 N–H and O–H groups in total. The Kier molecular flexibility index (Phi) is 2.10. The maximum Gasteiger partial charge on any atom is 0.155 e. The van der Waals surface area contributed by atoms with Crippen molar-refractivity contribution in [2.24, 2.45) is 0 Å². The monoisotopic (exact) mass is 238 g/mol. The Morgan fingerprint density at radius 2 is 2.23 bits per heavy atom. The van der Waals surface area contributed by atoms with Gasteiger partial charge in [0, 0.05) is 4.47 Å². The summed E-state index contributed by atoms with van der Waals surface area (Å²) in [6, 6.07) is 3.82. The Balaban J connectivity index is 2.49. The number of halogens is 1. The Morgan fingerprint density at radius 3 is 2.85 bits per heavy atom. The summed E-state index contributed by atoms with van der Waals surface area (Å²) in [6.45, 7) is 1.94. The topological polar surface area (TPSA) is 43.6 Å². The van der Waals surface area contributed by atoms with Gasteiger partial charge in [-0.15, -0.1) is 0 Å². The van der Waals surface area contributed by atoms with Gasteiger partial charge >= 0.3 is 0 Å². The fourth-order valence-electron chi connectivity index (χ4n) is 0.985. The molecule has 2 aromatic rings. The highest BCUT2D eigenvalue weighted by molar-refractivity contribution is 9.10. The predicted octanol–water partition coefficient (Wildman–Crippen LogP) is 1.73. The minimum Gasteiger partial charge on any atom is -0.233 e. The van der Waals surface area contributed by atoms with Crippen molar-refractivity contribution in [3.05, 3.63) is 35.0 Å². The van der Waals surface area contributed by atoms with Gasteiger partial charge in [0.1, 0.15) is 12.7 Å². The molecule has 0 amide bonds. The SMILES string of the molecule is Cc1nc(-n2cncn2)ccc1Br. The second-order valence-corrected chi connectivity index (χ2v) is 3.43. The van der Waals surface area contributed by atoms with Crippen molar-refractivity contribution in [2.45, 2.75) is 6.92 Å². The van der Waals surface area contributed by atoms with Crippen molar-refractivity contribution < 1.29 is 0 Å². The zero-order valence-electron chi connectivity index (χ0n) is 6.98. The number of nitrogens with zero attached hydrogens (tertiary/aromatic N) is 4. The van der Waals surface area contributed by atoms with Crippen LogP contribution in [0.4, 0.5) is 0 Å². The molecule has 4 nitrogen and oxygen atoms in total. The van der Waals surface area contributed by atoms with Crippen LogP contribution in [0.1, 0.15) is 5.69 Å². The quantitative estimate of drug-likeness (QED) is 0.761. The van der Waals surface area contributed by atoms with E-state index < -0.39 is 0 Å². The van der Waals surface area contributed by atoms with Crippen LogP contribution in [-0.4, -0.2) is 19.7 Å². The molecule has 0 saturated carbocycles. The lowest BCUT2D eigenvalue weighted by Gasteiger charge is -2.01. The molecule has 0 aliphatic heterocycles. The third-order valence-corrected chi connectivity index (χ3v) is 2.50. The van der Waals surface area contributed by atoms with Gasteiger partial charge in [0.25, 0.3) is 0 Å². The van der Waals surface area contributed by atoms with Gasteiger partial charge in [-0.3, -0.25) is 0 Å². The molecule has 0 spiro atoms. The molecule has 0 aromatic carbocycles. The third kappa shape index (κ3) is 1.60. The van der Waals surface area contributed by atoms with Gasteiger partial charge in [-0.25, -0.2) is 14.6 Å². The second-order valence-electron chi connectivity index (χ2n) is 2.58. The van der Waals surface area contributed by atoms with E-state index in [-0.39, 0.29) is 0 Å². The fraction of sp³-hybridized carbons (Fsp3) is 0.125. The number of aromatic nitrogens is 4. The van der Waals surface area contributed by atoms with Crippen molar-refractivity contribution in [1.29, 1.82) is 0 Å². The van der Waals surface area contributed by atoms with Crippen LogP contribution in [0.5, 0.6) is 0 Å². The molecular formula is C8H7BrN4. The molecule has 0 aliphatic carbocycles. The molecule has 0 fully saturated rings. The first-order valence-corrected chi connectivity index (χ1v) is 4.55. The van der Waals surface area contributed by atoms with Crippen molar-refractivity contribution >= 4 is 15.9 Å². The first-order chi connectivity index (χ1) is 6.27. The van der Waals surface area contributed by atoms with Crippen molar-refractivity contribution in [3.8, 4) is 5.82 Å². The van der Waals surface area contributed by atoms with E-state index >= 15 is 0 Å². The van der Waals surface area contributed by atoms with Crippen LogP contribution < -0.4 is 0 Å². The molecular weight excluding hydrogens is 232 g/mol. The van der Waals surface area contributed by atoms with Gasteiger partial charge in [-0.1, -0.05) is 0 Å². The number of pyridine rings is 1. The maximum absolute atomic E-state index is 4.33. The standard InChI is InChI=1S/C8H7BrN4/c1-6-7(9)2-3-8(12-6)13-5-10-4-11-13/h2-5H,1H3. The lowest BCUT2D eigenvalue weighted by atomic mass is 10.4. The van der Waals surface area contributed by atoms with Crippen molar-refractivity contribution in [1.82, 2.24) is 19.7 Å². The van der Waals surface area contributed by atoms with Crippen LogP contribution >= 0.6 is 15.9 Å². The van der Waals surface area contributed by atoms with Gasteiger partial charge in [0.2, 0.25) is 0 Å². The Bertz CT molecular complexity index is 410. The van der Waals surface area contributed by atoms with E-state index in [1.807, 2.05) is 19.1 Å². The summed E-state index contributed by atoms with van der Waals surface area (Å²) < 4.78 is 2.62. The van der Waals surface area contributed by atoms with E-state index in [0.717, 1.165) is 16.0 Å². The van der Waals surface area contributed by atoms with Crippen LogP contribution in [0.2, 0.25) is 0 Å². The van der Waals surface area contributed by atoms with Crippen molar-refractivity contribution in [2.75, 3.05) is 0 Å². The van der Waals surface area contributed by atoms with Crippen LogP contribution in [0.25, 0.3) is 5.82 Å². The molecule has 0 unspecified atom stereocenters. The van der Waals surface area contributed by atoms with Crippen LogP contribution in [0, 0.1) is 6.92 Å². The van der Waals surface area contributed by atoms with E-state index in [1.165, 1.54) is 6.33 Å². The van der Waals surface area contributed by atoms with Crippen molar-refractivity contribution in [3.63, 3.8) is 0 Å². The maximum atomic E-state index is 4.33. The number of aryl methyl sites for hydroxylation is 1. The first kappa shape index (κ1) is 8.37. The minimum atomic E-state index is 0.776. The third-order valence-electron chi connectivity index (χ3n) is 1.66. The average molecular weight is 239 g/mol. The number of hydrogen-bond donors (Lipinski definition) is 0. The highest BCUT2D eigenvalue weighted by Gasteiger charge is 2.00. The van der Waals surface area contributed by atoms with Gasteiger partial charge in [-0.05, 0) is 35.0 Å². The Labute approximate surface area is 83.8 Å². The van der Waals surface area contributed by atoms with Gasteiger partial charge in [0.05, 0.1) is 5.69 Å². The Hall–Kier alpha value is -1.23. The second kappa shape index (κ2) is 3.26. The van der Waals surface area contributed by atoms with Gasteiger partial charge < -0.3 is 0 Å². The Morgan fingerprint density at radius 1 is 1.38 bits per heavy atom. The predicted molar refractivity (Wildman–Crippen MR) is 51.6 cm³/mol. The minimum absolute atomic E-state index is 0.776. The molecule has 0 bridgehead atoms. The summed E-state index contributed by atoms with van der Waals surface area (Å²) in [4.78, 5) is 8.18. The molecule has 66 valence electrons. The largest absolute Gasteiger partial charge is 0.233 e. The molecule has 13 heavy (non-hydrogen) atoms. The molecule has 0 atom stereocenters. The zero-order valence-corrected chi connectivity index (χ0v) is 8.56. The zero-order chi connectivity index (χ0) is 9.26. The first-order valence-electron chi connectivity index (χ1n) is 3.75. The number of hydrogen-bond acceptors (Lipinski definition) is 3. The molecule has 2 heterocycles. The summed E-state index contributed by atoms with van der Waals surface area (Å²) in [5.74, 6) is 0.776. The van der Waals surface area contributed by atoms with E-state index in [2.05, 4.69) is 31.0 Å². The van der Waals surface area contributed by atoms with E-state index in [1.54, 1.807) is 11.0 Å². The average Bonchev–Trinajstić information content (AvgIpc) is 2.62. The van der Waals surface area contributed by atoms with Crippen LogP contribution in [-0.2, 0) is 0 Å². The smallest absolute Gasteiger partial charge is 0.155 e. The molecule has 5 heteroatoms. The summed E-state index contributed by atoms with van der Waals surface area (Å²) in [5.41, 5.74) is 0.938. The molecule has 0 radical (unpaired) electrons. The molecule has 0 aliphatic rings. The van der Waals surface area contributed by atoms with Crippen LogP contribution in [0.3, 0.4) is 0 Å². The summed E-state index contributed by atoms with van der Waals surface area (Å²) in [5, 5.41) is 3.99. The molecule has 2 aromatic heterocycles. The molecule has 0 saturated heterocycles. The van der Waals surface area contributed by atoms with E-state index in [0.29, 0.717) is 0 Å². The highest BCUT2D eigenvalue weighted by atomic mass is 79.9. The van der Waals surface area contributed by atoms with E-state index in [4.69, 9.17) is 0 Å². The summed E-state index contributed by atoms with van der Waals surface area (Å²) in [6.07, 6.45) is 3.11. The molecule has 2 rings (SSSR count). The number of rotatable bonds is 1.